The molecule has 0 bridgehead atoms. The molecule has 2 heterocycles. The molecule has 0 unspecified atom stereocenters. The maximum Gasteiger partial charge on any atom is 0.281 e. The van der Waals surface area contributed by atoms with Crippen LogP contribution in [0.25, 0.3) is 16.9 Å². The molecule has 0 spiro atoms. The van der Waals surface area contributed by atoms with Crippen LogP contribution in [0.3, 0.4) is 0 Å². The topological polar surface area (TPSA) is 68.5 Å². The van der Waals surface area contributed by atoms with Crippen molar-refractivity contribution in [2.45, 2.75) is 0 Å². The third-order valence-electron chi connectivity index (χ3n) is 4.24. The Balaban J connectivity index is 1.65. The van der Waals surface area contributed by atoms with Crippen LogP contribution in [-0.2, 0) is 0 Å². The Hall–Kier alpha value is -3.71. The highest BCUT2D eigenvalue weighted by Gasteiger charge is 2.12. The molecule has 4 aromatic rings. The summed E-state index contributed by atoms with van der Waals surface area (Å²) in [6.07, 6.45) is 3.49. The van der Waals surface area contributed by atoms with Crippen molar-refractivity contribution in [1.29, 1.82) is 0 Å². The third kappa shape index (κ3) is 4.25. The first-order valence-corrected chi connectivity index (χ1v) is 9.79. The van der Waals surface area contributed by atoms with Gasteiger partial charge in [0, 0.05) is 17.3 Å². The second-order valence-corrected chi connectivity index (χ2v) is 7.07. The average molecular weight is 402 g/mol. The third-order valence-corrected chi connectivity index (χ3v) is 5.11. The molecule has 6 nitrogen and oxygen atoms in total. The molecule has 0 saturated heterocycles. The number of hydrogen-bond donors (Lipinski definition) is 1. The van der Waals surface area contributed by atoms with Crippen LogP contribution in [0.1, 0.15) is 15.2 Å². The Morgan fingerprint density at radius 2 is 1.90 bits per heavy atom. The van der Waals surface area contributed by atoms with E-state index in [1.807, 2.05) is 72.2 Å². The summed E-state index contributed by atoms with van der Waals surface area (Å²) in [5.74, 6) is 0.535. The Kier molecular flexibility index (Phi) is 5.49. The highest BCUT2D eigenvalue weighted by Crippen LogP contribution is 2.25. The molecule has 7 heteroatoms. The number of nitrogens with zero attached hydrogens (tertiary/aromatic N) is 3. The number of para-hydroxylation sites is 1. The predicted molar refractivity (Wildman–Crippen MR) is 115 cm³/mol. The van der Waals surface area contributed by atoms with Crippen LogP contribution >= 0.6 is 11.3 Å². The molecule has 29 heavy (non-hydrogen) atoms. The van der Waals surface area contributed by atoms with E-state index in [0.29, 0.717) is 4.88 Å². The van der Waals surface area contributed by atoms with Gasteiger partial charge in [-0.2, -0.15) is 10.2 Å². The molecule has 0 radical (unpaired) electrons. The fourth-order valence-electron chi connectivity index (χ4n) is 2.79. The smallest absolute Gasteiger partial charge is 0.281 e. The van der Waals surface area contributed by atoms with Crippen molar-refractivity contribution in [3.8, 4) is 22.7 Å². The molecular weight excluding hydrogens is 384 g/mol. The number of methoxy groups -OCH3 is 1. The SMILES string of the molecule is COc1ccc(-c2nn(-c3ccccc3)cc2/C=N/NC(=O)c2cccs2)cc1. The van der Waals surface area contributed by atoms with Gasteiger partial charge in [0.15, 0.2) is 0 Å². The van der Waals surface area contributed by atoms with Crippen LogP contribution in [-0.4, -0.2) is 29.0 Å². The van der Waals surface area contributed by atoms with E-state index in [1.165, 1.54) is 11.3 Å². The first-order chi connectivity index (χ1) is 14.2. The summed E-state index contributed by atoms with van der Waals surface area (Å²) in [7, 11) is 1.63. The van der Waals surface area contributed by atoms with Gasteiger partial charge in [0.25, 0.3) is 5.91 Å². The Morgan fingerprint density at radius 3 is 2.59 bits per heavy atom. The summed E-state index contributed by atoms with van der Waals surface area (Å²) in [5.41, 5.74) is 5.96. The minimum Gasteiger partial charge on any atom is -0.497 e. The van der Waals surface area contributed by atoms with E-state index in [4.69, 9.17) is 9.84 Å². The Morgan fingerprint density at radius 1 is 1.10 bits per heavy atom. The lowest BCUT2D eigenvalue weighted by Gasteiger charge is -2.02. The minimum absolute atomic E-state index is 0.238. The standard InChI is InChI=1S/C22H18N4O2S/c1-28-19-11-9-16(10-12-19)21-17(14-23-24-22(27)20-8-5-13-29-20)15-26(25-21)18-6-3-2-4-7-18/h2-15H,1H3,(H,24,27)/b23-14+. The Labute approximate surface area is 172 Å². The number of nitrogens with one attached hydrogen (secondary N) is 1. The fourth-order valence-corrected chi connectivity index (χ4v) is 3.40. The van der Waals surface area contributed by atoms with Gasteiger partial charge in [0.05, 0.1) is 23.9 Å². The van der Waals surface area contributed by atoms with Gasteiger partial charge in [-0.05, 0) is 47.8 Å². The van der Waals surface area contributed by atoms with Gasteiger partial charge in [-0.25, -0.2) is 10.1 Å². The maximum atomic E-state index is 12.1. The van der Waals surface area contributed by atoms with E-state index in [1.54, 1.807) is 24.1 Å². The lowest BCUT2D eigenvalue weighted by molar-refractivity contribution is 0.0959. The molecule has 0 aliphatic carbocycles. The van der Waals surface area contributed by atoms with Gasteiger partial charge < -0.3 is 4.74 Å². The predicted octanol–water partition coefficient (Wildman–Crippen LogP) is 4.37. The summed E-state index contributed by atoms with van der Waals surface area (Å²) in [5, 5.41) is 10.7. The summed E-state index contributed by atoms with van der Waals surface area (Å²) in [6.45, 7) is 0. The number of ether oxygens (including phenoxy) is 1. The first-order valence-electron chi connectivity index (χ1n) is 8.91. The molecule has 0 saturated carbocycles. The minimum atomic E-state index is -0.238. The van der Waals surface area contributed by atoms with Crippen molar-refractivity contribution in [3.05, 3.63) is 88.7 Å². The van der Waals surface area contributed by atoms with Crippen LogP contribution in [0.15, 0.2) is 83.4 Å². The highest BCUT2D eigenvalue weighted by atomic mass is 32.1. The van der Waals surface area contributed by atoms with Crippen molar-refractivity contribution >= 4 is 23.5 Å². The molecule has 0 aliphatic heterocycles. The van der Waals surface area contributed by atoms with Gasteiger partial charge in [-0.15, -0.1) is 11.3 Å². The van der Waals surface area contributed by atoms with E-state index in [2.05, 4.69) is 10.5 Å². The molecule has 2 aromatic carbocycles. The van der Waals surface area contributed by atoms with Crippen LogP contribution in [0, 0.1) is 0 Å². The quantitative estimate of drug-likeness (QED) is 0.385. The van der Waals surface area contributed by atoms with Crippen LogP contribution in [0.2, 0.25) is 0 Å². The van der Waals surface area contributed by atoms with Crippen molar-refractivity contribution in [3.63, 3.8) is 0 Å². The second-order valence-electron chi connectivity index (χ2n) is 6.12. The summed E-state index contributed by atoms with van der Waals surface area (Å²) in [4.78, 5) is 12.7. The molecular formula is C22H18N4O2S. The van der Waals surface area contributed by atoms with Crippen LogP contribution < -0.4 is 10.2 Å². The largest absolute Gasteiger partial charge is 0.497 e. The highest BCUT2D eigenvalue weighted by molar-refractivity contribution is 7.12. The van der Waals surface area contributed by atoms with E-state index < -0.39 is 0 Å². The van der Waals surface area contributed by atoms with Gasteiger partial charge in [0.2, 0.25) is 0 Å². The van der Waals surface area contributed by atoms with Gasteiger partial charge in [-0.1, -0.05) is 24.3 Å². The summed E-state index contributed by atoms with van der Waals surface area (Å²) >= 11 is 1.37. The van der Waals surface area contributed by atoms with Crippen LogP contribution in [0.5, 0.6) is 5.75 Å². The average Bonchev–Trinajstić information content (AvgIpc) is 3.45. The maximum absolute atomic E-state index is 12.1. The lowest BCUT2D eigenvalue weighted by atomic mass is 10.1. The zero-order chi connectivity index (χ0) is 20.1. The monoisotopic (exact) mass is 402 g/mol. The number of carbonyl (C=O) groups excluding carboxylic acids is 1. The molecule has 1 N–H and O–H groups in total. The number of benzene rings is 2. The molecule has 0 aliphatic rings. The number of hydrazone groups is 1. The lowest BCUT2D eigenvalue weighted by Crippen LogP contribution is -2.16. The normalized spacial score (nSPS) is 10.9. The van der Waals surface area contributed by atoms with Crippen molar-refractivity contribution in [2.75, 3.05) is 7.11 Å². The zero-order valence-electron chi connectivity index (χ0n) is 15.6. The fraction of sp³-hybridized carbons (Fsp3) is 0.0455. The van der Waals surface area contributed by atoms with Crippen molar-refractivity contribution < 1.29 is 9.53 Å². The second kappa shape index (κ2) is 8.53. The van der Waals surface area contributed by atoms with Gasteiger partial charge in [0.1, 0.15) is 11.4 Å². The van der Waals surface area contributed by atoms with E-state index >= 15 is 0 Å². The number of amides is 1. The number of hydrogen-bond acceptors (Lipinski definition) is 5. The van der Waals surface area contributed by atoms with E-state index in [-0.39, 0.29) is 5.91 Å². The number of carbonyl (C=O) groups is 1. The number of thiophene rings is 1. The molecule has 0 fully saturated rings. The number of aromatic nitrogens is 2. The first kappa shape index (κ1) is 18.6. The zero-order valence-corrected chi connectivity index (χ0v) is 16.5. The van der Waals surface area contributed by atoms with Crippen molar-refractivity contribution in [2.24, 2.45) is 5.10 Å². The van der Waals surface area contributed by atoms with Gasteiger partial charge in [-0.3, -0.25) is 4.79 Å². The summed E-state index contributed by atoms with van der Waals surface area (Å²) in [6, 6.07) is 21.1. The Bertz CT molecular complexity index is 1120. The van der Waals surface area contributed by atoms with E-state index in [9.17, 15) is 4.79 Å². The van der Waals surface area contributed by atoms with Crippen LogP contribution in [0.4, 0.5) is 0 Å². The van der Waals surface area contributed by atoms with Gasteiger partial charge >= 0.3 is 0 Å². The van der Waals surface area contributed by atoms with Crippen molar-refractivity contribution in [1.82, 2.24) is 15.2 Å². The molecule has 144 valence electrons. The summed E-state index contributed by atoms with van der Waals surface area (Å²) < 4.78 is 7.03. The molecule has 4 rings (SSSR count). The molecule has 0 atom stereocenters. The number of rotatable bonds is 6. The van der Waals surface area contributed by atoms with E-state index in [0.717, 1.165) is 28.3 Å². The molecule has 2 aromatic heterocycles. The molecule has 1 amide bonds.